The first-order valence-corrected chi connectivity index (χ1v) is 6.48. The Hall–Kier alpha value is -1.55. The van der Waals surface area contributed by atoms with Gasteiger partial charge in [-0.15, -0.1) is 0 Å². The molecule has 0 bridgehead atoms. The summed E-state index contributed by atoms with van der Waals surface area (Å²) in [4.78, 5) is 14.0. The number of anilines is 1. The topological polar surface area (TPSA) is 58.4 Å². The standard InChI is InChI=1S/C14H21N3O/c1-10(2)11-5-3-4-6-12(11)17-8-7-16-14(18)13(17)9-15/h3-6,10,13H,7-9,15H2,1-2H3,(H,16,18). The summed E-state index contributed by atoms with van der Waals surface area (Å²) in [6.07, 6.45) is 0. The van der Waals surface area contributed by atoms with Gasteiger partial charge in [-0.05, 0) is 17.5 Å². The molecule has 0 saturated carbocycles. The maximum absolute atomic E-state index is 11.9. The van der Waals surface area contributed by atoms with Crippen LogP contribution in [-0.4, -0.2) is 31.6 Å². The SMILES string of the molecule is CC(C)c1ccccc1N1CCNC(=O)C1CN. The monoisotopic (exact) mass is 247 g/mol. The molecule has 2 rings (SSSR count). The Bertz CT molecular complexity index is 431. The van der Waals surface area contributed by atoms with Crippen LogP contribution < -0.4 is 16.0 Å². The van der Waals surface area contributed by atoms with Gasteiger partial charge in [-0.3, -0.25) is 4.79 Å². The van der Waals surface area contributed by atoms with Crippen molar-refractivity contribution >= 4 is 11.6 Å². The van der Waals surface area contributed by atoms with Crippen molar-refractivity contribution in [3.8, 4) is 0 Å². The molecule has 0 aliphatic carbocycles. The molecule has 1 fully saturated rings. The molecular formula is C14H21N3O. The molecule has 3 N–H and O–H groups in total. The predicted octanol–water partition coefficient (Wildman–Crippen LogP) is 1.07. The van der Waals surface area contributed by atoms with Gasteiger partial charge in [0.1, 0.15) is 6.04 Å². The smallest absolute Gasteiger partial charge is 0.244 e. The number of rotatable bonds is 3. The van der Waals surface area contributed by atoms with E-state index in [1.165, 1.54) is 5.56 Å². The van der Waals surface area contributed by atoms with Crippen LogP contribution in [0.15, 0.2) is 24.3 Å². The predicted molar refractivity (Wildman–Crippen MR) is 73.7 cm³/mol. The summed E-state index contributed by atoms with van der Waals surface area (Å²) < 4.78 is 0. The highest BCUT2D eigenvalue weighted by molar-refractivity contribution is 5.87. The molecule has 98 valence electrons. The van der Waals surface area contributed by atoms with Gasteiger partial charge in [-0.2, -0.15) is 0 Å². The summed E-state index contributed by atoms with van der Waals surface area (Å²) in [5.74, 6) is 0.465. The Morgan fingerprint density at radius 3 is 2.83 bits per heavy atom. The molecule has 0 spiro atoms. The van der Waals surface area contributed by atoms with E-state index in [4.69, 9.17) is 5.73 Å². The number of benzene rings is 1. The number of nitrogens with one attached hydrogen (secondary N) is 1. The van der Waals surface area contributed by atoms with Crippen molar-refractivity contribution in [2.75, 3.05) is 24.5 Å². The molecule has 1 aromatic carbocycles. The normalized spacial score (nSPS) is 20.1. The molecule has 0 aromatic heterocycles. The minimum Gasteiger partial charge on any atom is -0.356 e. The summed E-state index contributed by atoms with van der Waals surface area (Å²) in [5, 5.41) is 2.87. The molecule has 4 nitrogen and oxygen atoms in total. The van der Waals surface area contributed by atoms with E-state index in [-0.39, 0.29) is 11.9 Å². The minimum atomic E-state index is -0.251. The summed E-state index contributed by atoms with van der Waals surface area (Å²) in [6.45, 7) is 6.18. The first-order chi connectivity index (χ1) is 8.65. The Morgan fingerprint density at radius 1 is 1.44 bits per heavy atom. The van der Waals surface area contributed by atoms with E-state index in [1.54, 1.807) is 0 Å². The zero-order valence-corrected chi connectivity index (χ0v) is 11.0. The van der Waals surface area contributed by atoms with Crippen LogP contribution >= 0.6 is 0 Å². The average molecular weight is 247 g/mol. The summed E-state index contributed by atoms with van der Waals surface area (Å²) in [5.41, 5.74) is 8.15. The highest BCUT2D eigenvalue weighted by Crippen LogP contribution is 2.29. The molecule has 1 amide bonds. The number of nitrogens with zero attached hydrogens (tertiary/aromatic N) is 1. The van der Waals surface area contributed by atoms with E-state index >= 15 is 0 Å². The van der Waals surface area contributed by atoms with E-state index in [0.717, 1.165) is 12.2 Å². The molecule has 1 aliphatic rings. The second-order valence-corrected chi connectivity index (χ2v) is 4.95. The van der Waals surface area contributed by atoms with Crippen LogP contribution in [0.1, 0.15) is 25.3 Å². The highest BCUT2D eigenvalue weighted by atomic mass is 16.2. The van der Waals surface area contributed by atoms with Crippen molar-refractivity contribution in [2.24, 2.45) is 5.73 Å². The number of hydrogen-bond donors (Lipinski definition) is 2. The lowest BCUT2D eigenvalue weighted by Gasteiger charge is -2.37. The molecular weight excluding hydrogens is 226 g/mol. The minimum absolute atomic E-state index is 0.0299. The fourth-order valence-electron chi connectivity index (χ4n) is 2.47. The van der Waals surface area contributed by atoms with Gasteiger partial charge in [0.2, 0.25) is 5.91 Å². The van der Waals surface area contributed by atoms with Gasteiger partial charge >= 0.3 is 0 Å². The van der Waals surface area contributed by atoms with E-state index in [1.807, 2.05) is 12.1 Å². The summed E-state index contributed by atoms with van der Waals surface area (Å²) >= 11 is 0. The second kappa shape index (κ2) is 5.40. The molecule has 1 saturated heterocycles. The van der Waals surface area contributed by atoms with Crippen LogP contribution in [0, 0.1) is 0 Å². The third kappa shape index (κ3) is 2.34. The van der Waals surface area contributed by atoms with Crippen molar-refractivity contribution < 1.29 is 4.79 Å². The number of carbonyl (C=O) groups is 1. The largest absolute Gasteiger partial charge is 0.356 e. The van der Waals surface area contributed by atoms with Gasteiger partial charge in [0, 0.05) is 25.3 Å². The summed E-state index contributed by atoms with van der Waals surface area (Å²) in [7, 11) is 0. The van der Waals surface area contributed by atoms with Crippen LogP contribution in [0.5, 0.6) is 0 Å². The number of nitrogens with two attached hydrogens (primary N) is 1. The third-order valence-electron chi connectivity index (χ3n) is 3.42. The molecule has 1 aromatic rings. The Labute approximate surface area is 108 Å². The van der Waals surface area contributed by atoms with Crippen molar-refractivity contribution in [3.05, 3.63) is 29.8 Å². The lowest BCUT2D eigenvalue weighted by molar-refractivity contribution is -0.123. The number of para-hydroxylation sites is 1. The second-order valence-electron chi connectivity index (χ2n) is 4.95. The number of amides is 1. The van der Waals surface area contributed by atoms with Gasteiger partial charge in [-0.25, -0.2) is 0 Å². The Balaban J connectivity index is 2.37. The summed E-state index contributed by atoms with van der Waals surface area (Å²) in [6, 6.07) is 8.01. The number of carbonyl (C=O) groups excluding carboxylic acids is 1. The highest BCUT2D eigenvalue weighted by Gasteiger charge is 2.29. The average Bonchev–Trinajstić information content (AvgIpc) is 2.38. The first-order valence-electron chi connectivity index (χ1n) is 6.48. The van der Waals surface area contributed by atoms with Crippen LogP contribution in [-0.2, 0) is 4.79 Å². The maximum Gasteiger partial charge on any atom is 0.244 e. The molecule has 4 heteroatoms. The van der Waals surface area contributed by atoms with Gasteiger partial charge < -0.3 is 16.0 Å². The van der Waals surface area contributed by atoms with Crippen LogP contribution in [0.25, 0.3) is 0 Å². The molecule has 1 aliphatic heterocycles. The lowest BCUT2D eigenvalue weighted by atomic mass is 9.99. The molecule has 1 heterocycles. The van der Waals surface area contributed by atoms with Crippen LogP contribution in [0.2, 0.25) is 0 Å². The Morgan fingerprint density at radius 2 is 2.17 bits per heavy atom. The lowest BCUT2D eigenvalue weighted by Crippen LogP contribution is -2.58. The van der Waals surface area contributed by atoms with Crippen molar-refractivity contribution in [1.29, 1.82) is 0 Å². The van der Waals surface area contributed by atoms with E-state index in [0.29, 0.717) is 19.0 Å². The van der Waals surface area contributed by atoms with E-state index in [2.05, 4.69) is 36.2 Å². The molecule has 18 heavy (non-hydrogen) atoms. The first kappa shape index (κ1) is 12.9. The quantitative estimate of drug-likeness (QED) is 0.840. The fraction of sp³-hybridized carbons (Fsp3) is 0.500. The van der Waals surface area contributed by atoms with Crippen molar-refractivity contribution in [3.63, 3.8) is 0 Å². The third-order valence-corrected chi connectivity index (χ3v) is 3.42. The van der Waals surface area contributed by atoms with Gasteiger partial charge in [0.05, 0.1) is 0 Å². The molecule has 0 radical (unpaired) electrons. The maximum atomic E-state index is 11.9. The Kier molecular flexibility index (Phi) is 3.87. The zero-order valence-electron chi connectivity index (χ0n) is 11.0. The van der Waals surface area contributed by atoms with Crippen molar-refractivity contribution in [1.82, 2.24) is 5.32 Å². The van der Waals surface area contributed by atoms with Crippen LogP contribution in [0.4, 0.5) is 5.69 Å². The number of piperazine rings is 1. The molecule has 1 atom stereocenters. The van der Waals surface area contributed by atoms with Crippen LogP contribution in [0.3, 0.4) is 0 Å². The van der Waals surface area contributed by atoms with Gasteiger partial charge in [-0.1, -0.05) is 32.0 Å². The van der Waals surface area contributed by atoms with Crippen molar-refractivity contribution in [2.45, 2.75) is 25.8 Å². The number of hydrogen-bond acceptors (Lipinski definition) is 3. The fourth-order valence-corrected chi connectivity index (χ4v) is 2.47. The van der Waals surface area contributed by atoms with E-state index in [9.17, 15) is 4.79 Å². The van der Waals surface area contributed by atoms with Gasteiger partial charge in [0.15, 0.2) is 0 Å². The molecule has 1 unspecified atom stereocenters. The van der Waals surface area contributed by atoms with E-state index < -0.39 is 0 Å². The zero-order chi connectivity index (χ0) is 13.1. The van der Waals surface area contributed by atoms with Gasteiger partial charge in [0.25, 0.3) is 0 Å².